The van der Waals surface area contributed by atoms with Crippen LogP contribution >= 0.6 is 23.1 Å². The number of anilines is 1. The Morgan fingerprint density at radius 1 is 1.25 bits per heavy atom. The molecule has 0 saturated carbocycles. The van der Waals surface area contributed by atoms with Crippen LogP contribution in [0.1, 0.15) is 39.3 Å². The lowest BCUT2D eigenvalue weighted by molar-refractivity contribution is -0.116. The molecule has 1 amide bonds. The van der Waals surface area contributed by atoms with Gasteiger partial charge in [-0.3, -0.25) is 19.1 Å². The van der Waals surface area contributed by atoms with E-state index in [1.54, 1.807) is 16.4 Å². The molecule has 0 unspecified atom stereocenters. The maximum atomic E-state index is 12.9. The first-order valence-electron chi connectivity index (χ1n) is 9.40. The van der Waals surface area contributed by atoms with Gasteiger partial charge in [0.2, 0.25) is 5.91 Å². The number of amides is 1. The van der Waals surface area contributed by atoms with Gasteiger partial charge in [0.25, 0.3) is 5.56 Å². The highest BCUT2D eigenvalue weighted by Gasteiger charge is 2.15. The van der Waals surface area contributed by atoms with Gasteiger partial charge < -0.3 is 0 Å². The number of carbonyl (C=O) groups excluding carboxylic acids is 1. The van der Waals surface area contributed by atoms with Gasteiger partial charge in [-0.15, -0.1) is 11.3 Å². The third kappa shape index (κ3) is 4.44. The number of benzene rings is 1. The van der Waals surface area contributed by atoms with Crippen LogP contribution in [-0.2, 0) is 17.1 Å². The molecule has 0 aliphatic carbocycles. The fourth-order valence-corrected chi connectivity index (χ4v) is 4.84. The summed E-state index contributed by atoms with van der Waals surface area (Å²) >= 11 is 2.97. The van der Waals surface area contributed by atoms with Crippen molar-refractivity contribution in [3.8, 4) is 0 Å². The van der Waals surface area contributed by atoms with Crippen LogP contribution in [0.5, 0.6) is 0 Å². The second-order valence-corrected chi connectivity index (χ2v) is 8.17. The maximum absolute atomic E-state index is 12.9. The number of thioether (sulfide) groups is 1. The van der Waals surface area contributed by atoms with Crippen LogP contribution in [-0.4, -0.2) is 27.0 Å². The van der Waals surface area contributed by atoms with Gasteiger partial charge in [0.15, 0.2) is 10.3 Å². The number of carbonyl (C=O) groups is 1. The Hall–Kier alpha value is -2.19. The average Bonchev–Trinajstić information content (AvgIpc) is 3.14. The molecule has 2 aromatic heterocycles. The van der Waals surface area contributed by atoms with E-state index in [0.717, 1.165) is 24.1 Å². The number of fused-ring (bicyclic) bond motifs is 1. The minimum absolute atomic E-state index is 0.00857. The molecule has 0 saturated heterocycles. The molecular formula is C20H24N4O2S2. The molecule has 28 heavy (non-hydrogen) atoms. The summed E-state index contributed by atoms with van der Waals surface area (Å²) in [6, 6.07) is 7.47. The molecule has 148 valence electrons. The fraction of sp³-hybridized carbons (Fsp3) is 0.400. The Bertz CT molecular complexity index is 1030. The number of hydrogen-bond acceptors (Lipinski definition) is 6. The average molecular weight is 417 g/mol. The molecule has 0 N–H and O–H groups in total. The van der Waals surface area contributed by atoms with Crippen molar-refractivity contribution in [1.29, 1.82) is 0 Å². The molecule has 8 heteroatoms. The molecule has 1 aromatic carbocycles. The zero-order valence-corrected chi connectivity index (χ0v) is 18.0. The van der Waals surface area contributed by atoms with E-state index < -0.39 is 0 Å². The third-order valence-electron chi connectivity index (χ3n) is 4.38. The zero-order valence-electron chi connectivity index (χ0n) is 16.3. The van der Waals surface area contributed by atoms with Gasteiger partial charge in [-0.2, -0.15) is 0 Å². The van der Waals surface area contributed by atoms with Crippen LogP contribution in [0, 0.1) is 0 Å². The smallest absolute Gasteiger partial charge is 0.262 e. The number of hydrogen-bond donors (Lipinski definition) is 0. The number of nitrogens with zero attached hydrogens (tertiary/aromatic N) is 4. The number of unbranched alkanes of at least 4 members (excludes halogenated alkanes) is 1. The standard InChI is InChI=1S/C20H24N4O2S2/c1-4-6-11-24-18(26)16-9-7-8-10-17(16)22-20(24)28-13-15-12-27-19(21-15)23(5-2)14(3)25/h7-10,12H,4-6,11,13H2,1-3H3. The van der Waals surface area contributed by atoms with Crippen molar-refractivity contribution in [3.05, 3.63) is 45.7 Å². The minimum atomic E-state index is -0.0133. The van der Waals surface area contributed by atoms with Crippen molar-refractivity contribution in [2.24, 2.45) is 0 Å². The van der Waals surface area contributed by atoms with Crippen molar-refractivity contribution in [3.63, 3.8) is 0 Å². The molecule has 0 fully saturated rings. The second-order valence-electron chi connectivity index (χ2n) is 6.40. The van der Waals surface area contributed by atoms with Gasteiger partial charge in [-0.1, -0.05) is 37.2 Å². The molecule has 0 bridgehead atoms. The Morgan fingerprint density at radius 2 is 2.04 bits per heavy atom. The Kier molecular flexibility index (Phi) is 6.85. The summed E-state index contributed by atoms with van der Waals surface area (Å²) in [5.74, 6) is 0.587. The van der Waals surface area contributed by atoms with Crippen LogP contribution in [0.2, 0.25) is 0 Å². The molecule has 0 spiro atoms. The fourth-order valence-electron chi connectivity index (χ4n) is 2.89. The van der Waals surface area contributed by atoms with Gasteiger partial charge in [0.05, 0.1) is 16.6 Å². The molecular weight excluding hydrogens is 392 g/mol. The van der Waals surface area contributed by atoms with E-state index in [9.17, 15) is 9.59 Å². The Balaban J connectivity index is 1.86. The van der Waals surface area contributed by atoms with Crippen molar-refractivity contribution in [2.75, 3.05) is 11.4 Å². The predicted octanol–water partition coefficient (Wildman–Crippen LogP) is 4.32. The van der Waals surface area contributed by atoms with E-state index in [0.29, 0.717) is 34.5 Å². The summed E-state index contributed by atoms with van der Waals surface area (Å²) in [6.45, 7) is 6.84. The van der Waals surface area contributed by atoms with E-state index in [2.05, 4.69) is 11.9 Å². The van der Waals surface area contributed by atoms with Crippen LogP contribution < -0.4 is 10.5 Å². The maximum Gasteiger partial charge on any atom is 0.262 e. The molecule has 3 aromatic rings. The largest absolute Gasteiger partial charge is 0.289 e. The van der Waals surface area contributed by atoms with Crippen LogP contribution in [0.25, 0.3) is 10.9 Å². The number of aromatic nitrogens is 3. The lowest BCUT2D eigenvalue weighted by Gasteiger charge is -2.14. The van der Waals surface area contributed by atoms with Gasteiger partial charge >= 0.3 is 0 Å². The topological polar surface area (TPSA) is 68.1 Å². The Labute approximate surface area is 172 Å². The van der Waals surface area contributed by atoms with E-state index in [-0.39, 0.29) is 11.5 Å². The van der Waals surface area contributed by atoms with Crippen molar-refractivity contribution in [1.82, 2.24) is 14.5 Å². The highest BCUT2D eigenvalue weighted by atomic mass is 32.2. The molecule has 0 atom stereocenters. The molecule has 6 nitrogen and oxygen atoms in total. The van der Waals surface area contributed by atoms with Crippen LogP contribution in [0.15, 0.2) is 39.6 Å². The van der Waals surface area contributed by atoms with Crippen molar-refractivity contribution in [2.45, 2.75) is 51.1 Å². The van der Waals surface area contributed by atoms with E-state index in [4.69, 9.17) is 4.98 Å². The number of rotatable bonds is 8. The summed E-state index contributed by atoms with van der Waals surface area (Å²) in [4.78, 5) is 35.6. The first kappa shape index (κ1) is 20.5. The molecule has 2 heterocycles. The number of para-hydroxylation sites is 1. The van der Waals surface area contributed by atoms with Gasteiger partial charge in [0.1, 0.15) is 0 Å². The van der Waals surface area contributed by atoms with Crippen LogP contribution in [0.4, 0.5) is 5.13 Å². The zero-order chi connectivity index (χ0) is 20.1. The normalized spacial score (nSPS) is 11.1. The van der Waals surface area contributed by atoms with E-state index in [1.807, 2.05) is 36.6 Å². The SMILES string of the molecule is CCCCn1c(SCc2csc(N(CC)C(C)=O)n2)nc2ccccc2c1=O. The summed E-state index contributed by atoms with van der Waals surface area (Å²) in [5, 5.41) is 4.04. The van der Waals surface area contributed by atoms with Crippen molar-refractivity contribution < 1.29 is 4.79 Å². The molecule has 3 rings (SSSR count). The predicted molar refractivity (Wildman–Crippen MR) is 116 cm³/mol. The third-order valence-corrected chi connectivity index (χ3v) is 6.30. The Morgan fingerprint density at radius 3 is 2.75 bits per heavy atom. The molecule has 0 aliphatic heterocycles. The van der Waals surface area contributed by atoms with E-state index in [1.165, 1.54) is 23.1 Å². The lowest BCUT2D eigenvalue weighted by Crippen LogP contribution is -2.27. The monoisotopic (exact) mass is 416 g/mol. The summed E-state index contributed by atoms with van der Waals surface area (Å²) < 4.78 is 1.78. The van der Waals surface area contributed by atoms with Gasteiger partial charge in [0, 0.05) is 31.1 Å². The van der Waals surface area contributed by atoms with Gasteiger partial charge in [-0.05, 0) is 25.5 Å². The van der Waals surface area contributed by atoms with Crippen LogP contribution in [0.3, 0.4) is 0 Å². The highest BCUT2D eigenvalue weighted by molar-refractivity contribution is 7.98. The van der Waals surface area contributed by atoms with E-state index >= 15 is 0 Å². The second kappa shape index (κ2) is 9.34. The summed E-state index contributed by atoms with van der Waals surface area (Å²) in [7, 11) is 0. The summed E-state index contributed by atoms with van der Waals surface area (Å²) in [6.07, 6.45) is 1.94. The summed E-state index contributed by atoms with van der Waals surface area (Å²) in [5.41, 5.74) is 1.61. The molecule has 0 radical (unpaired) electrons. The van der Waals surface area contributed by atoms with Crippen molar-refractivity contribution >= 4 is 45.0 Å². The highest BCUT2D eigenvalue weighted by Crippen LogP contribution is 2.26. The quantitative estimate of drug-likeness (QED) is 0.404. The first-order valence-corrected chi connectivity index (χ1v) is 11.3. The lowest BCUT2D eigenvalue weighted by atomic mass is 10.2. The first-order chi connectivity index (χ1) is 13.5. The minimum Gasteiger partial charge on any atom is -0.289 e. The van der Waals surface area contributed by atoms with Gasteiger partial charge in [-0.25, -0.2) is 9.97 Å². The molecule has 0 aliphatic rings. The number of thiazole rings is 1.